The summed E-state index contributed by atoms with van der Waals surface area (Å²) in [6.45, 7) is 6.56. The average molecular weight is 1350 g/mol. The highest BCUT2D eigenvalue weighted by molar-refractivity contribution is 7.17. The maximum Gasteiger partial charge on any atom is 0.416 e. The van der Waals surface area contributed by atoms with Crippen molar-refractivity contribution < 1.29 is 68.9 Å². The van der Waals surface area contributed by atoms with Crippen LogP contribution in [0.3, 0.4) is 0 Å². The van der Waals surface area contributed by atoms with Crippen LogP contribution in [0.5, 0.6) is 0 Å². The number of nitrogens with zero attached hydrogens (tertiary/aromatic N) is 7. The van der Waals surface area contributed by atoms with Crippen LogP contribution < -0.4 is 10.6 Å². The molecule has 3 fully saturated rings. The van der Waals surface area contributed by atoms with Crippen LogP contribution in [0.2, 0.25) is 0 Å². The van der Waals surface area contributed by atoms with Crippen LogP contribution in [0.25, 0.3) is 11.1 Å². The Kier molecular flexibility index (Phi) is 22.9. The number of thiazole rings is 1. The Labute approximate surface area is 558 Å². The number of hydrogen-bond donors (Lipinski definition) is 2. The Bertz CT molecular complexity index is 3640. The first-order valence-electron chi connectivity index (χ1n) is 32.6. The summed E-state index contributed by atoms with van der Waals surface area (Å²) >= 11 is 1.28. The predicted molar refractivity (Wildman–Crippen MR) is 351 cm³/mol. The number of likely N-dealkylation sites (N-methyl/N-ethyl adjacent to an activating group) is 3. The molecule has 4 aliphatic rings. The molecule has 5 aromatic carbocycles. The van der Waals surface area contributed by atoms with E-state index < -0.39 is 64.6 Å². The Morgan fingerprint density at radius 3 is 2.08 bits per heavy atom. The first kappa shape index (κ1) is 70.8. The summed E-state index contributed by atoms with van der Waals surface area (Å²) < 4.78 is 116. The zero-order valence-electron chi connectivity index (χ0n) is 54.4. The molecule has 3 aliphatic heterocycles. The van der Waals surface area contributed by atoms with Crippen molar-refractivity contribution in [2.75, 3.05) is 117 Å². The third-order valence-corrected chi connectivity index (χ3v) is 20.2. The Morgan fingerprint density at radius 1 is 0.729 bits per heavy atom. The molecule has 6 aromatic rings. The number of unbranched alkanes of at least 4 members (excludes halogenated alkanes) is 2. The molecular formula is C71H82F7N9O8S. The molecule has 25 heteroatoms. The van der Waals surface area contributed by atoms with E-state index in [9.17, 15) is 54.7 Å². The van der Waals surface area contributed by atoms with Crippen molar-refractivity contribution in [1.29, 1.82) is 0 Å². The van der Waals surface area contributed by atoms with Gasteiger partial charge in [0.2, 0.25) is 11.8 Å². The van der Waals surface area contributed by atoms with E-state index in [2.05, 4.69) is 37.6 Å². The van der Waals surface area contributed by atoms with Crippen molar-refractivity contribution in [3.63, 3.8) is 0 Å². The highest BCUT2D eigenvalue weighted by Gasteiger charge is 2.50. The van der Waals surface area contributed by atoms with Crippen LogP contribution >= 0.6 is 11.3 Å². The fraction of sp³-hybridized carbons (Fsp3) is 0.465. The van der Waals surface area contributed by atoms with Gasteiger partial charge in [0.25, 0.3) is 11.8 Å². The number of nitrogens with one attached hydrogen (secondary N) is 2. The van der Waals surface area contributed by atoms with Crippen molar-refractivity contribution in [3.8, 4) is 11.1 Å². The largest absolute Gasteiger partial charge is 0.446 e. The van der Waals surface area contributed by atoms with Gasteiger partial charge in [-0.2, -0.15) is 26.3 Å². The number of hydrogen-bond acceptors (Lipinski definition) is 13. The number of alkyl halides is 6. The number of aromatic nitrogens is 1. The predicted octanol–water partition coefficient (Wildman–Crippen LogP) is 12.4. The van der Waals surface area contributed by atoms with Gasteiger partial charge in [-0.1, -0.05) is 103 Å². The number of benzene rings is 5. The summed E-state index contributed by atoms with van der Waals surface area (Å²) in [6, 6.07) is 31.9. The van der Waals surface area contributed by atoms with Gasteiger partial charge in [-0.3, -0.25) is 24.5 Å². The molecule has 1 aliphatic carbocycles. The van der Waals surface area contributed by atoms with Crippen LogP contribution in [0.1, 0.15) is 111 Å². The minimum Gasteiger partial charge on any atom is -0.446 e. The molecule has 4 heterocycles. The van der Waals surface area contributed by atoms with Crippen LogP contribution in [0.15, 0.2) is 121 Å². The number of anilines is 2. The molecular weight excluding hydrogens is 1270 g/mol. The molecule has 3 saturated heterocycles. The molecule has 1 aromatic heterocycles. The Morgan fingerprint density at radius 2 is 1.38 bits per heavy atom. The third-order valence-electron chi connectivity index (χ3n) is 19.1. The molecule has 0 saturated carbocycles. The summed E-state index contributed by atoms with van der Waals surface area (Å²) in [5, 5.41) is 6.89. The standard InChI is InChI=1S/C71H82F7N9O8S/c1-48-63(96-66(80-48)79-31-14-6-9-21-61(88)82(2)39-40-85-32-26-56(27-33-85)95-67(92)81-59-20-13-11-18-57(59)49-15-7-5-8-16-49)65(91)84(4)38-37-83(3)62(89)45-93-60-43-50-17-10-12-19-58(50)68(60)28-34-86(35-29-68)36-30-69(52-22-24-55(72)25-23-52)46-87(47-94-69)64(90)51-41-53(70(73,74)75)44-54(42-51)71(76,77)78/h5,7-8,10-13,15-20,22-25,41-42,44,56,60H,6,9,14,21,26-40,43,45-47H2,1-4H3,(H,79,80)(H,81,92)/t60-,69-/m0/s1. The van der Waals surface area contributed by atoms with Crippen LogP contribution in [0, 0.1) is 12.7 Å². The lowest BCUT2D eigenvalue weighted by Crippen LogP contribution is -2.50. The smallest absolute Gasteiger partial charge is 0.416 e. The van der Waals surface area contributed by atoms with E-state index in [1.165, 1.54) is 35.6 Å². The second-order valence-electron chi connectivity index (χ2n) is 25.5. The number of likely N-dealkylation sites (tertiary alicyclic amines) is 2. The van der Waals surface area contributed by atoms with Crippen LogP contribution in [-0.2, 0) is 53.6 Å². The number of carbonyl (C=O) groups excluding carboxylic acids is 5. The molecule has 17 nitrogen and oxygen atoms in total. The van der Waals surface area contributed by atoms with Gasteiger partial charge < -0.3 is 48.9 Å². The highest BCUT2D eigenvalue weighted by atomic mass is 32.1. The summed E-state index contributed by atoms with van der Waals surface area (Å²) in [5.74, 6) is -1.98. The van der Waals surface area contributed by atoms with E-state index in [4.69, 9.17) is 14.2 Å². The molecule has 96 heavy (non-hydrogen) atoms. The molecule has 0 bridgehead atoms. The highest BCUT2D eigenvalue weighted by Crippen LogP contribution is 2.49. The van der Waals surface area contributed by atoms with Crippen LogP contribution in [0.4, 0.5) is 46.3 Å². The fourth-order valence-corrected chi connectivity index (χ4v) is 14.3. The lowest BCUT2D eigenvalue weighted by Gasteiger charge is -2.44. The molecule has 0 unspecified atom stereocenters. The topological polar surface area (TPSA) is 169 Å². The molecule has 514 valence electrons. The Balaban J connectivity index is 0.623. The van der Waals surface area contributed by atoms with Crippen molar-refractivity contribution in [3.05, 3.63) is 171 Å². The van der Waals surface area contributed by atoms with E-state index in [1.807, 2.05) is 73.8 Å². The van der Waals surface area contributed by atoms with E-state index in [0.717, 1.165) is 66.1 Å². The fourth-order valence-electron chi connectivity index (χ4n) is 13.3. The monoisotopic (exact) mass is 1350 g/mol. The maximum absolute atomic E-state index is 14.3. The maximum atomic E-state index is 14.3. The SMILES string of the molecule is Cc1nc(NCCCCCC(=O)N(C)CCN2CCC(OC(=O)Nc3ccccc3-c3ccccc3)CC2)sc1C(=O)N(C)CCN(C)C(=O)CO[C@H]1Cc2ccccc2C12CCN(CC[C@@]1(c3ccc(F)cc3)CN(C(=O)c3cc(C(F)(F)F)cc(C(F)(F)F)c3)CO1)CC2. The quantitative estimate of drug-likeness (QED) is 0.0411. The van der Waals surface area contributed by atoms with E-state index in [0.29, 0.717) is 110 Å². The van der Waals surface area contributed by atoms with E-state index in [1.54, 1.807) is 35.7 Å². The molecule has 2 atom stereocenters. The number of para-hydroxylation sites is 1. The van der Waals surface area contributed by atoms with E-state index in [-0.39, 0.29) is 68.7 Å². The molecule has 10 rings (SSSR count). The van der Waals surface area contributed by atoms with Gasteiger partial charge in [0, 0.05) is 96.5 Å². The van der Waals surface area contributed by atoms with Crippen LogP contribution in [-0.4, -0.2) is 183 Å². The minimum atomic E-state index is -5.15. The van der Waals surface area contributed by atoms with Crippen molar-refractivity contribution in [1.82, 2.24) is 34.4 Å². The van der Waals surface area contributed by atoms with Gasteiger partial charge in [-0.15, -0.1) is 0 Å². The summed E-state index contributed by atoms with van der Waals surface area (Å²) in [4.78, 5) is 82.7. The zero-order valence-corrected chi connectivity index (χ0v) is 55.2. The number of rotatable bonds is 25. The molecule has 0 radical (unpaired) electrons. The van der Waals surface area contributed by atoms with Gasteiger partial charge in [0.15, 0.2) is 5.13 Å². The van der Waals surface area contributed by atoms with Gasteiger partial charge in [0.1, 0.15) is 35.7 Å². The van der Waals surface area contributed by atoms with Gasteiger partial charge in [-0.05, 0) is 130 Å². The van der Waals surface area contributed by atoms with Gasteiger partial charge in [0.05, 0.1) is 35.2 Å². The third kappa shape index (κ3) is 17.4. The van der Waals surface area contributed by atoms with Gasteiger partial charge >= 0.3 is 18.4 Å². The first-order chi connectivity index (χ1) is 45.9. The normalized spacial score (nSPS) is 18.3. The number of carbonyl (C=O) groups is 5. The number of piperidine rings is 2. The lowest BCUT2D eigenvalue weighted by atomic mass is 9.72. The number of halogens is 7. The molecule has 2 N–H and O–H groups in total. The second-order valence-corrected chi connectivity index (χ2v) is 26.5. The molecule has 1 spiro atoms. The summed E-state index contributed by atoms with van der Waals surface area (Å²) in [5.41, 5.74) is 0.258. The first-order valence-corrected chi connectivity index (χ1v) is 33.4. The summed E-state index contributed by atoms with van der Waals surface area (Å²) in [6.07, 6.45) is -4.88. The van der Waals surface area contributed by atoms with E-state index >= 15 is 0 Å². The van der Waals surface area contributed by atoms with Gasteiger partial charge in [-0.25, -0.2) is 14.2 Å². The number of aryl methyl sites for hydroxylation is 1. The minimum absolute atomic E-state index is 0.0310. The average Bonchev–Trinajstić information content (AvgIpc) is 1.58. The Hall–Kier alpha value is -7.97. The van der Waals surface area contributed by atoms with Crippen molar-refractivity contribution >= 4 is 51.9 Å². The number of fused-ring (bicyclic) bond motifs is 2. The second kappa shape index (κ2) is 31.1. The summed E-state index contributed by atoms with van der Waals surface area (Å²) in [7, 11) is 5.20. The van der Waals surface area contributed by atoms with Crippen molar-refractivity contribution in [2.45, 2.75) is 107 Å². The lowest BCUT2D eigenvalue weighted by molar-refractivity contribution is -0.143. The molecule has 5 amide bonds. The zero-order chi connectivity index (χ0) is 68.4. The van der Waals surface area contributed by atoms with Crippen molar-refractivity contribution in [2.24, 2.45) is 0 Å². The number of ether oxygens (including phenoxy) is 3. The number of amides is 5.